The predicted octanol–water partition coefficient (Wildman–Crippen LogP) is 3.43. The summed E-state index contributed by atoms with van der Waals surface area (Å²) in [5.41, 5.74) is 1.85. The molecule has 2 unspecified atom stereocenters. The first-order chi connectivity index (χ1) is 9.16. The zero-order valence-electron chi connectivity index (χ0n) is 11.5. The fourth-order valence-corrected chi connectivity index (χ4v) is 3.14. The van der Waals surface area contributed by atoms with Gasteiger partial charge < -0.3 is 9.88 Å². The van der Waals surface area contributed by atoms with Crippen molar-refractivity contribution in [2.24, 2.45) is 5.92 Å². The molecule has 1 aliphatic heterocycles. The molecular formula is C16H20N2O. The van der Waals surface area contributed by atoms with Crippen molar-refractivity contribution in [3.63, 3.8) is 0 Å². The molecule has 100 valence electrons. The smallest absolute Gasteiger partial charge is 0.254 e. The van der Waals surface area contributed by atoms with Gasteiger partial charge in [0.15, 0.2) is 0 Å². The van der Waals surface area contributed by atoms with Gasteiger partial charge in [0.2, 0.25) is 0 Å². The Labute approximate surface area is 113 Å². The summed E-state index contributed by atoms with van der Waals surface area (Å²) < 4.78 is 0. The molecule has 3 nitrogen and oxygen atoms in total. The number of fused-ring (bicyclic) bond motifs is 1. The second kappa shape index (κ2) is 4.72. The van der Waals surface area contributed by atoms with E-state index in [-0.39, 0.29) is 5.91 Å². The fraction of sp³-hybridized carbons (Fsp3) is 0.438. The lowest BCUT2D eigenvalue weighted by atomic mass is 9.92. The molecule has 3 heteroatoms. The SMILES string of the molecule is CC1CCN(C(=O)c2cccc3[nH]ccc23)C(C)C1. The maximum absolute atomic E-state index is 12.7. The van der Waals surface area contributed by atoms with Crippen LogP contribution >= 0.6 is 0 Å². The van der Waals surface area contributed by atoms with E-state index in [2.05, 4.69) is 18.8 Å². The highest BCUT2D eigenvalue weighted by Crippen LogP contribution is 2.26. The summed E-state index contributed by atoms with van der Waals surface area (Å²) in [5, 5.41) is 1.03. The van der Waals surface area contributed by atoms with Crippen LogP contribution in [0.4, 0.5) is 0 Å². The molecule has 2 aromatic rings. The minimum Gasteiger partial charge on any atom is -0.361 e. The van der Waals surface area contributed by atoms with Crippen LogP contribution in [0.2, 0.25) is 0 Å². The number of hydrogen-bond acceptors (Lipinski definition) is 1. The number of hydrogen-bond donors (Lipinski definition) is 1. The Hall–Kier alpha value is -1.77. The van der Waals surface area contributed by atoms with Crippen LogP contribution in [0.15, 0.2) is 30.5 Å². The highest BCUT2D eigenvalue weighted by atomic mass is 16.2. The van der Waals surface area contributed by atoms with E-state index in [1.54, 1.807) is 0 Å². The number of nitrogens with zero attached hydrogens (tertiary/aromatic N) is 1. The minimum absolute atomic E-state index is 0.171. The first-order valence-electron chi connectivity index (χ1n) is 7.04. The molecule has 1 saturated heterocycles. The topological polar surface area (TPSA) is 36.1 Å². The normalized spacial score (nSPS) is 23.8. The second-order valence-electron chi connectivity index (χ2n) is 5.72. The van der Waals surface area contributed by atoms with Crippen molar-refractivity contribution in [3.05, 3.63) is 36.0 Å². The van der Waals surface area contributed by atoms with Crippen LogP contribution in [0.3, 0.4) is 0 Å². The maximum Gasteiger partial charge on any atom is 0.254 e. The molecule has 3 rings (SSSR count). The number of likely N-dealkylation sites (tertiary alicyclic amines) is 1. The maximum atomic E-state index is 12.7. The predicted molar refractivity (Wildman–Crippen MR) is 77.2 cm³/mol. The third-order valence-corrected chi connectivity index (χ3v) is 4.22. The van der Waals surface area contributed by atoms with E-state index in [9.17, 15) is 4.79 Å². The van der Waals surface area contributed by atoms with Crippen LogP contribution in [0.5, 0.6) is 0 Å². The quantitative estimate of drug-likeness (QED) is 0.833. The number of amides is 1. The number of aromatic amines is 1. The number of aromatic nitrogens is 1. The van der Waals surface area contributed by atoms with Gasteiger partial charge in [0.1, 0.15) is 0 Å². The van der Waals surface area contributed by atoms with Crippen molar-refractivity contribution in [3.8, 4) is 0 Å². The average Bonchev–Trinajstić information content (AvgIpc) is 2.86. The molecule has 0 saturated carbocycles. The van der Waals surface area contributed by atoms with Gasteiger partial charge in [-0.3, -0.25) is 4.79 Å². The summed E-state index contributed by atoms with van der Waals surface area (Å²) in [6.07, 6.45) is 4.11. The van der Waals surface area contributed by atoms with Crippen LogP contribution in [-0.2, 0) is 0 Å². The first kappa shape index (κ1) is 12.3. The second-order valence-corrected chi connectivity index (χ2v) is 5.72. The lowest BCUT2D eigenvalue weighted by molar-refractivity contribution is 0.0590. The van der Waals surface area contributed by atoms with Crippen LogP contribution in [0.1, 0.15) is 37.0 Å². The van der Waals surface area contributed by atoms with Crippen LogP contribution in [0, 0.1) is 5.92 Å². The molecule has 1 aliphatic rings. The van der Waals surface area contributed by atoms with E-state index in [1.807, 2.05) is 35.4 Å². The Bertz CT molecular complexity index is 602. The monoisotopic (exact) mass is 256 g/mol. The summed E-state index contributed by atoms with van der Waals surface area (Å²) in [4.78, 5) is 17.9. The van der Waals surface area contributed by atoms with Gasteiger partial charge in [-0.15, -0.1) is 0 Å². The van der Waals surface area contributed by atoms with E-state index in [4.69, 9.17) is 0 Å². The number of H-pyrrole nitrogens is 1. The van der Waals surface area contributed by atoms with Crippen LogP contribution < -0.4 is 0 Å². The van der Waals surface area contributed by atoms with Gasteiger partial charge in [-0.05, 0) is 43.9 Å². The molecule has 1 N–H and O–H groups in total. The van der Waals surface area contributed by atoms with Crippen molar-refractivity contribution in [1.82, 2.24) is 9.88 Å². The summed E-state index contributed by atoms with van der Waals surface area (Å²) >= 11 is 0. The highest BCUT2D eigenvalue weighted by Gasteiger charge is 2.28. The Balaban J connectivity index is 1.93. The third-order valence-electron chi connectivity index (χ3n) is 4.22. The van der Waals surface area contributed by atoms with Gasteiger partial charge in [0.05, 0.1) is 0 Å². The summed E-state index contributed by atoms with van der Waals surface area (Å²) in [7, 11) is 0. The van der Waals surface area contributed by atoms with Crippen LogP contribution in [0.25, 0.3) is 10.9 Å². The number of rotatable bonds is 1. The molecule has 0 aliphatic carbocycles. The third kappa shape index (κ3) is 2.14. The van der Waals surface area contributed by atoms with Crippen molar-refractivity contribution < 1.29 is 4.79 Å². The standard InChI is InChI=1S/C16H20N2O/c1-11-7-9-18(12(2)10-11)16(19)14-4-3-5-15-13(14)6-8-17-15/h3-6,8,11-12,17H,7,9-10H2,1-2H3. The van der Waals surface area contributed by atoms with Crippen molar-refractivity contribution in [2.45, 2.75) is 32.7 Å². The Morgan fingerprint density at radius 1 is 1.32 bits per heavy atom. The Morgan fingerprint density at radius 3 is 2.95 bits per heavy atom. The van der Waals surface area contributed by atoms with Gasteiger partial charge in [0.25, 0.3) is 5.91 Å². The van der Waals surface area contributed by atoms with E-state index in [0.717, 1.165) is 41.8 Å². The van der Waals surface area contributed by atoms with Crippen molar-refractivity contribution in [1.29, 1.82) is 0 Å². The van der Waals surface area contributed by atoms with E-state index >= 15 is 0 Å². The molecule has 1 fully saturated rings. The Kier molecular flexibility index (Phi) is 3.05. The number of piperidine rings is 1. The lowest BCUT2D eigenvalue weighted by Gasteiger charge is -2.36. The first-order valence-corrected chi connectivity index (χ1v) is 7.04. The van der Waals surface area contributed by atoms with Crippen molar-refractivity contribution >= 4 is 16.8 Å². The number of carbonyl (C=O) groups excluding carboxylic acids is 1. The van der Waals surface area contributed by atoms with Gasteiger partial charge in [-0.1, -0.05) is 13.0 Å². The molecule has 2 atom stereocenters. The summed E-state index contributed by atoms with van der Waals surface area (Å²) in [6.45, 7) is 5.30. The lowest BCUT2D eigenvalue weighted by Crippen LogP contribution is -2.44. The van der Waals surface area contributed by atoms with Gasteiger partial charge in [-0.2, -0.15) is 0 Å². The summed E-state index contributed by atoms with van der Waals surface area (Å²) in [6, 6.07) is 8.21. The van der Waals surface area contributed by atoms with E-state index in [0.29, 0.717) is 6.04 Å². The minimum atomic E-state index is 0.171. The zero-order valence-corrected chi connectivity index (χ0v) is 11.5. The largest absolute Gasteiger partial charge is 0.361 e. The molecule has 2 heterocycles. The zero-order chi connectivity index (χ0) is 13.4. The average molecular weight is 256 g/mol. The van der Waals surface area contributed by atoms with Crippen molar-refractivity contribution in [2.75, 3.05) is 6.54 Å². The van der Waals surface area contributed by atoms with Gasteiger partial charge >= 0.3 is 0 Å². The van der Waals surface area contributed by atoms with E-state index in [1.165, 1.54) is 0 Å². The number of benzene rings is 1. The molecule has 0 radical (unpaired) electrons. The molecule has 0 bridgehead atoms. The molecule has 19 heavy (non-hydrogen) atoms. The number of nitrogens with one attached hydrogen (secondary N) is 1. The Morgan fingerprint density at radius 2 is 2.16 bits per heavy atom. The molecular weight excluding hydrogens is 236 g/mol. The highest BCUT2D eigenvalue weighted by molar-refractivity contribution is 6.06. The molecule has 1 aromatic heterocycles. The van der Waals surface area contributed by atoms with Crippen LogP contribution in [-0.4, -0.2) is 28.4 Å². The molecule has 1 aromatic carbocycles. The number of carbonyl (C=O) groups is 1. The molecule has 0 spiro atoms. The fourth-order valence-electron chi connectivity index (χ4n) is 3.14. The molecule has 1 amide bonds. The van der Waals surface area contributed by atoms with Gasteiger partial charge in [-0.25, -0.2) is 0 Å². The van der Waals surface area contributed by atoms with E-state index < -0.39 is 0 Å². The van der Waals surface area contributed by atoms with Gasteiger partial charge in [0, 0.05) is 35.2 Å². The summed E-state index contributed by atoms with van der Waals surface area (Å²) in [5.74, 6) is 0.895.